The van der Waals surface area contributed by atoms with Gasteiger partial charge in [0.15, 0.2) is 0 Å². The van der Waals surface area contributed by atoms with Crippen LogP contribution in [0.2, 0.25) is 0 Å². The van der Waals surface area contributed by atoms with E-state index < -0.39 is 0 Å². The van der Waals surface area contributed by atoms with Crippen molar-refractivity contribution in [2.75, 3.05) is 5.73 Å². The molecule has 4 rings (SSSR count). The number of aromatic hydroxyl groups is 1. The number of aromatic nitrogens is 1. The number of nitrogen functional groups attached to an aromatic ring is 1. The lowest BCUT2D eigenvalue weighted by Crippen LogP contribution is -1.90. The number of phenolic OH excluding ortho intramolecular Hbond substituents is 1. The number of fused-ring (bicyclic) bond motifs is 2. The molecule has 3 nitrogen and oxygen atoms in total. The van der Waals surface area contributed by atoms with Crippen LogP contribution in [0.25, 0.3) is 32.9 Å². The Morgan fingerprint density at radius 2 is 1.36 bits per heavy atom. The molecule has 106 valence electrons. The minimum absolute atomic E-state index is 0.0995. The third-order valence-corrected chi connectivity index (χ3v) is 3.91. The molecule has 0 amide bonds. The lowest BCUT2D eigenvalue weighted by molar-refractivity contribution is 0.478. The molecule has 22 heavy (non-hydrogen) atoms. The summed E-state index contributed by atoms with van der Waals surface area (Å²) >= 11 is 0. The van der Waals surface area contributed by atoms with Crippen molar-refractivity contribution in [3.05, 3.63) is 66.7 Å². The Balaban J connectivity index is 2.18. The Morgan fingerprint density at radius 1 is 0.773 bits per heavy atom. The van der Waals surface area contributed by atoms with Gasteiger partial charge in [0, 0.05) is 16.3 Å². The number of para-hydroxylation sites is 2. The standard InChI is InChI=1S/C19H14N2O/c20-15-10-9-12(11-18(15)22)19-13-5-1-3-7-16(13)21-17-8-4-2-6-14(17)19/h1-11,22H,20H2. The summed E-state index contributed by atoms with van der Waals surface area (Å²) in [6.07, 6.45) is 0. The van der Waals surface area contributed by atoms with Crippen molar-refractivity contribution >= 4 is 27.5 Å². The Labute approximate surface area is 127 Å². The third-order valence-electron chi connectivity index (χ3n) is 3.91. The first-order valence-electron chi connectivity index (χ1n) is 7.10. The zero-order chi connectivity index (χ0) is 15.1. The van der Waals surface area contributed by atoms with Crippen LogP contribution in [0, 0.1) is 0 Å². The molecule has 0 saturated heterocycles. The summed E-state index contributed by atoms with van der Waals surface area (Å²) in [7, 11) is 0. The van der Waals surface area contributed by atoms with Crippen LogP contribution in [0.5, 0.6) is 5.75 Å². The van der Waals surface area contributed by atoms with Gasteiger partial charge in [-0.2, -0.15) is 0 Å². The van der Waals surface area contributed by atoms with Gasteiger partial charge in [0.05, 0.1) is 16.7 Å². The largest absolute Gasteiger partial charge is 0.506 e. The van der Waals surface area contributed by atoms with Gasteiger partial charge < -0.3 is 10.8 Å². The normalized spacial score (nSPS) is 11.1. The van der Waals surface area contributed by atoms with E-state index >= 15 is 0 Å². The molecule has 0 aliphatic carbocycles. The molecule has 0 radical (unpaired) electrons. The minimum Gasteiger partial charge on any atom is -0.506 e. The molecular weight excluding hydrogens is 272 g/mol. The van der Waals surface area contributed by atoms with E-state index in [9.17, 15) is 5.11 Å². The first-order valence-corrected chi connectivity index (χ1v) is 7.10. The fraction of sp³-hybridized carbons (Fsp3) is 0. The molecule has 0 bridgehead atoms. The van der Waals surface area contributed by atoms with Crippen molar-refractivity contribution in [2.45, 2.75) is 0 Å². The highest BCUT2D eigenvalue weighted by molar-refractivity contribution is 6.09. The van der Waals surface area contributed by atoms with E-state index in [1.807, 2.05) is 42.5 Å². The molecule has 0 saturated carbocycles. The van der Waals surface area contributed by atoms with Crippen LogP contribution in [-0.2, 0) is 0 Å². The zero-order valence-corrected chi connectivity index (χ0v) is 11.8. The van der Waals surface area contributed by atoms with Crippen molar-refractivity contribution in [2.24, 2.45) is 0 Å². The quantitative estimate of drug-likeness (QED) is 0.311. The number of pyridine rings is 1. The molecule has 3 aromatic carbocycles. The number of nitrogens with two attached hydrogens (primary N) is 1. The number of hydrogen-bond acceptors (Lipinski definition) is 3. The summed E-state index contributed by atoms with van der Waals surface area (Å²) in [6, 6.07) is 21.4. The Hall–Kier alpha value is -3.07. The van der Waals surface area contributed by atoms with Crippen LogP contribution in [-0.4, -0.2) is 10.1 Å². The van der Waals surface area contributed by atoms with Gasteiger partial charge in [0.2, 0.25) is 0 Å². The van der Waals surface area contributed by atoms with Crippen LogP contribution in [0.3, 0.4) is 0 Å². The maximum atomic E-state index is 9.96. The average Bonchev–Trinajstić information content (AvgIpc) is 2.55. The van der Waals surface area contributed by atoms with Crippen LogP contribution in [0.4, 0.5) is 5.69 Å². The summed E-state index contributed by atoms with van der Waals surface area (Å²) in [5.74, 6) is 0.0995. The van der Waals surface area contributed by atoms with Crippen LogP contribution in [0.1, 0.15) is 0 Å². The zero-order valence-electron chi connectivity index (χ0n) is 11.8. The molecular formula is C19H14N2O. The van der Waals surface area contributed by atoms with Gasteiger partial charge in [-0.15, -0.1) is 0 Å². The SMILES string of the molecule is Nc1ccc(-c2c3ccccc3nc3ccccc23)cc1O. The number of phenols is 1. The predicted molar refractivity (Wildman–Crippen MR) is 90.8 cm³/mol. The summed E-state index contributed by atoms with van der Waals surface area (Å²) in [5.41, 5.74) is 9.98. The maximum Gasteiger partial charge on any atom is 0.139 e. The van der Waals surface area contributed by atoms with E-state index in [1.54, 1.807) is 12.1 Å². The van der Waals surface area contributed by atoms with Crippen LogP contribution >= 0.6 is 0 Å². The molecule has 0 aliphatic rings. The second-order valence-electron chi connectivity index (χ2n) is 5.29. The van der Waals surface area contributed by atoms with Crippen LogP contribution in [0.15, 0.2) is 66.7 Å². The first kappa shape index (κ1) is 12.7. The van der Waals surface area contributed by atoms with Gasteiger partial charge in [0.25, 0.3) is 0 Å². The Bertz CT molecular complexity index is 955. The van der Waals surface area contributed by atoms with Gasteiger partial charge >= 0.3 is 0 Å². The van der Waals surface area contributed by atoms with E-state index in [0.717, 1.165) is 32.9 Å². The fourth-order valence-electron chi connectivity index (χ4n) is 2.85. The molecule has 0 atom stereocenters. The van der Waals surface area contributed by atoms with E-state index in [0.29, 0.717) is 5.69 Å². The number of rotatable bonds is 1. The van der Waals surface area contributed by atoms with Crippen molar-refractivity contribution in [3.8, 4) is 16.9 Å². The van der Waals surface area contributed by atoms with Gasteiger partial charge in [-0.1, -0.05) is 42.5 Å². The van der Waals surface area contributed by atoms with Gasteiger partial charge in [0.1, 0.15) is 5.75 Å². The molecule has 0 fully saturated rings. The topological polar surface area (TPSA) is 59.1 Å². The minimum atomic E-state index is 0.0995. The highest BCUT2D eigenvalue weighted by atomic mass is 16.3. The number of hydrogen-bond donors (Lipinski definition) is 2. The fourth-order valence-corrected chi connectivity index (χ4v) is 2.85. The monoisotopic (exact) mass is 286 g/mol. The second-order valence-corrected chi connectivity index (χ2v) is 5.29. The molecule has 3 N–H and O–H groups in total. The highest BCUT2D eigenvalue weighted by Gasteiger charge is 2.11. The molecule has 3 heteroatoms. The van der Waals surface area contributed by atoms with Crippen molar-refractivity contribution < 1.29 is 5.11 Å². The van der Waals surface area contributed by atoms with Crippen molar-refractivity contribution in [3.63, 3.8) is 0 Å². The Kier molecular flexibility index (Phi) is 2.73. The molecule has 0 spiro atoms. The van der Waals surface area contributed by atoms with Gasteiger partial charge in [-0.05, 0) is 29.8 Å². The van der Waals surface area contributed by atoms with E-state index in [-0.39, 0.29) is 5.75 Å². The summed E-state index contributed by atoms with van der Waals surface area (Å²) in [5, 5.41) is 12.1. The molecule has 1 heterocycles. The second kappa shape index (κ2) is 4.74. The summed E-state index contributed by atoms with van der Waals surface area (Å²) in [4.78, 5) is 4.72. The van der Waals surface area contributed by atoms with Crippen molar-refractivity contribution in [1.29, 1.82) is 0 Å². The molecule has 4 aromatic rings. The maximum absolute atomic E-state index is 9.96. The molecule has 1 aromatic heterocycles. The van der Waals surface area contributed by atoms with E-state index in [1.165, 1.54) is 0 Å². The van der Waals surface area contributed by atoms with Crippen LogP contribution < -0.4 is 5.73 Å². The summed E-state index contributed by atoms with van der Waals surface area (Å²) < 4.78 is 0. The average molecular weight is 286 g/mol. The molecule has 0 aliphatic heterocycles. The molecule has 0 unspecified atom stereocenters. The predicted octanol–water partition coefficient (Wildman–Crippen LogP) is 4.34. The van der Waals surface area contributed by atoms with Gasteiger partial charge in [-0.3, -0.25) is 0 Å². The van der Waals surface area contributed by atoms with Crippen molar-refractivity contribution in [1.82, 2.24) is 4.98 Å². The third kappa shape index (κ3) is 1.87. The lowest BCUT2D eigenvalue weighted by Gasteiger charge is -2.12. The highest BCUT2D eigenvalue weighted by Crippen LogP contribution is 2.37. The first-order chi connectivity index (χ1) is 10.7. The Morgan fingerprint density at radius 3 is 1.95 bits per heavy atom. The lowest BCUT2D eigenvalue weighted by atomic mass is 9.96. The number of benzene rings is 3. The van der Waals surface area contributed by atoms with E-state index in [2.05, 4.69) is 12.1 Å². The number of anilines is 1. The number of nitrogens with zero attached hydrogens (tertiary/aromatic N) is 1. The summed E-state index contributed by atoms with van der Waals surface area (Å²) in [6.45, 7) is 0. The smallest absolute Gasteiger partial charge is 0.139 e. The van der Waals surface area contributed by atoms with Gasteiger partial charge in [-0.25, -0.2) is 4.98 Å². The van der Waals surface area contributed by atoms with E-state index in [4.69, 9.17) is 10.7 Å².